The molecule has 0 radical (unpaired) electrons. The van der Waals surface area contributed by atoms with Crippen molar-refractivity contribution in [2.45, 2.75) is 26.4 Å². The largest absolute Gasteiger partial charge is 0.466 e. The molecule has 1 saturated heterocycles. The highest BCUT2D eigenvalue weighted by Crippen LogP contribution is 2.15. The Bertz CT molecular complexity index is 743. The lowest BCUT2D eigenvalue weighted by Crippen LogP contribution is -3.13. The number of aromatic nitrogens is 3. The average Bonchev–Trinajstić information content (AvgIpc) is 2.97. The summed E-state index contributed by atoms with van der Waals surface area (Å²) >= 11 is 5.27. The van der Waals surface area contributed by atoms with Crippen LogP contribution in [0.15, 0.2) is 28.9 Å². The molecule has 1 aliphatic rings. The zero-order chi connectivity index (χ0) is 16.9. The van der Waals surface area contributed by atoms with Gasteiger partial charge < -0.3 is 14.1 Å². The highest BCUT2D eigenvalue weighted by atomic mass is 32.1. The molecule has 7 nitrogen and oxygen atoms in total. The van der Waals surface area contributed by atoms with Crippen LogP contribution < -0.4 is 4.90 Å². The van der Waals surface area contributed by atoms with Gasteiger partial charge in [-0.25, -0.2) is 0 Å². The quantitative estimate of drug-likeness (QED) is 0.643. The van der Waals surface area contributed by atoms with E-state index in [4.69, 9.17) is 21.4 Å². The van der Waals surface area contributed by atoms with Gasteiger partial charge >= 0.3 is 5.97 Å². The Morgan fingerprint density at radius 2 is 2.46 bits per heavy atom. The second-order valence-corrected chi connectivity index (χ2v) is 6.22. The maximum atomic E-state index is 11.9. The fourth-order valence-electron chi connectivity index (χ4n) is 2.98. The van der Waals surface area contributed by atoms with Crippen molar-refractivity contribution in [2.24, 2.45) is 5.92 Å². The smallest absolute Gasteiger partial charge is 0.314 e. The third-order valence-electron chi connectivity index (χ3n) is 4.13. The van der Waals surface area contributed by atoms with Crippen LogP contribution in [0.1, 0.15) is 19.8 Å². The lowest BCUT2D eigenvalue weighted by molar-refractivity contribution is -0.930. The van der Waals surface area contributed by atoms with Gasteiger partial charge in [0.05, 0.1) is 25.3 Å². The van der Waals surface area contributed by atoms with Crippen molar-refractivity contribution >= 4 is 18.2 Å². The Hall–Kier alpha value is -2.06. The summed E-state index contributed by atoms with van der Waals surface area (Å²) in [6.45, 7) is 4.55. The Morgan fingerprint density at radius 3 is 3.21 bits per heavy atom. The molecule has 1 N–H and O–H groups in total. The standard InChI is InChI=1S/C16H20N4O3S/c1-2-22-15(21)13-6-4-8-19(10-13)11-20-16(24)23-14(18-20)12-5-3-7-17-9-12/h3,5,7,9,13H,2,4,6,8,10-11H2,1H3/p+1/t13-/m1/s1. The third kappa shape index (κ3) is 3.88. The predicted octanol–water partition coefficient (Wildman–Crippen LogP) is 1.08. The topological polar surface area (TPSA) is 74.6 Å². The van der Waals surface area contributed by atoms with E-state index < -0.39 is 0 Å². The maximum Gasteiger partial charge on any atom is 0.314 e. The molecule has 0 aliphatic carbocycles. The molecule has 0 aromatic carbocycles. The fraction of sp³-hybridized carbons (Fsp3) is 0.500. The highest BCUT2D eigenvalue weighted by Gasteiger charge is 2.30. The average molecular weight is 349 g/mol. The van der Waals surface area contributed by atoms with Crippen molar-refractivity contribution in [3.8, 4) is 11.5 Å². The number of carbonyl (C=O) groups excluding carboxylic acids is 1. The van der Waals surface area contributed by atoms with Crippen LogP contribution in [0.3, 0.4) is 0 Å². The number of rotatable bonds is 5. The van der Waals surface area contributed by atoms with Gasteiger partial charge in [-0.15, -0.1) is 5.10 Å². The van der Waals surface area contributed by atoms with E-state index in [1.807, 2.05) is 19.1 Å². The van der Waals surface area contributed by atoms with Crippen LogP contribution in [0.4, 0.5) is 0 Å². The number of piperidine rings is 1. The molecular weight excluding hydrogens is 328 g/mol. The predicted molar refractivity (Wildman–Crippen MR) is 88.6 cm³/mol. The van der Waals surface area contributed by atoms with Crippen molar-refractivity contribution in [1.82, 2.24) is 14.8 Å². The minimum absolute atomic E-state index is 0.0485. The number of hydrogen-bond acceptors (Lipinski definition) is 6. The zero-order valence-corrected chi connectivity index (χ0v) is 14.4. The Labute approximate surface area is 145 Å². The van der Waals surface area contributed by atoms with Gasteiger partial charge in [0.2, 0.25) is 5.89 Å². The van der Waals surface area contributed by atoms with Gasteiger partial charge in [-0.2, -0.15) is 4.68 Å². The number of esters is 1. The molecular formula is C16H21N4O3S+. The molecule has 2 aromatic heterocycles. The van der Waals surface area contributed by atoms with E-state index >= 15 is 0 Å². The van der Waals surface area contributed by atoms with Gasteiger partial charge in [0.1, 0.15) is 5.92 Å². The van der Waals surface area contributed by atoms with Gasteiger partial charge in [0, 0.05) is 12.4 Å². The monoisotopic (exact) mass is 349 g/mol. The highest BCUT2D eigenvalue weighted by molar-refractivity contribution is 7.71. The molecule has 128 valence electrons. The van der Waals surface area contributed by atoms with Gasteiger partial charge in [-0.05, 0) is 44.1 Å². The molecule has 1 fully saturated rings. The van der Waals surface area contributed by atoms with Crippen LogP contribution in [-0.2, 0) is 16.2 Å². The number of nitrogens with zero attached hydrogens (tertiary/aromatic N) is 3. The molecule has 0 spiro atoms. The van der Waals surface area contributed by atoms with Crippen molar-refractivity contribution in [3.05, 3.63) is 29.4 Å². The molecule has 24 heavy (non-hydrogen) atoms. The molecule has 0 amide bonds. The van der Waals surface area contributed by atoms with Crippen molar-refractivity contribution < 1.29 is 18.8 Å². The molecule has 0 saturated carbocycles. The molecule has 8 heteroatoms. The third-order valence-corrected chi connectivity index (χ3v) is 4.42. The normalized spacial score (nSPS) is 20.7. The molecule has 3 rings (SSSR count). The summed E-state index contributed by atoms with van der Waals surface area (Å²) in [4.78, 5) is 17.6. The molecule has 0 bridgehead atoms. The summed E-state index contributed by atoms with van der Waals surface area (Å²) in [5.41, 5.74) is 0.792. The number of ether oxygens (including phenoxy) is 1. The van der Waals surface area contributed by atoms with E-state index in [1.165, 1.54) is 4.90 Å². The summed E-state index contributed by atoms with van der Waals surface area (Å²) in [6, 6.07) is 3.70. The second-order valence-electron chi connectivity index (χ2n) is 5.87. The number of hydrogen-bond donors (Lipinski definition) is 1. The van der Waals surface area contributed by atoms with E-state index in [0.29, 0.717) is 24.0 Å². The second kappa shape index (κ2) is 7.67. The Balaban J connectivity index is 1.69. The van der Waals surface area contributed by atoms with Crippen LogP contribution in [0.5, 0.6) is 0 Å². The van der Waals surface area contributed by atoms with E-state index in [1.54, 1.807) is 17.1 Å². The SMILES string of the molecule is CCOC(=O)[C@@H]1CCC[NH+](Cn2nc(-c3cccnc3)oc2=S)C1. The van der Waals surface area contributed by atoms with E-state index in [-0.39, 0.29) is 11.9 Å². The summed E-state index contributed by atoms with van der Waals surface area (Å²) in [5.74, 6) is 0.313. The van der Waals surface area contributed by atoms with Crippen molar-refractivity contribution in [1.29, 1.82) is 0 Å². The first kappa shape index (κ1) is 16.8. The van der Waals surface area contributed by atoms with Crippen LogP contribution >= 0.6 is 12.2 Å². The number of quaternary nitrogens is 1. The number of nitrogens with one attached hydrogen (secondary N) is 1. The molecule has 3 heterocycles. The number of carbonyl (C=O) groups is 1. The summed E-state index contributed by atoms with van der Waals surface area (Å²) < 4.78 is 12.4. The lowest BCUT2D eigenvalue weighted by atomic mass is 9.99. The summed E-state index contributed by atoms with van der Waals surface area (Å²) in [5, 5.41) is 4.45. The van der Waals surface area contributed by atoms with Crippen molar-refractivity contribution in [2.75, 3.05) is 19.7 Å². The molecule has 1 aliphatic heterocycles. The first-order valence-electron chi connectivity index (χ1n) is 8.16. The van der Waals surface area contributed by atoms with E-state index in [0.717, 1.165) is 31.5 Å². The minimum Gasteiger partial charge on any atom is -0.466 e. The zero-order valence-electron chi connectivity index (χ0n) is 13.6. The lowest BCUT2D eigenvalue weighted by Gasteiger charge is -2.28. The summed E-state index contributed by atoms with van der Waals surface area (Å²) in [7, 11) is 0. The van der Waals surface area contributed by atoms with Crippen LogP contribution in [-0.4, -0.2) is 40.4 Å². The van der Waals surface area contributed by atoms with Crippen LogP contribution in [0.2, 0.25) is 0 Å². The summed E-state index contributed by atoms with van der Waals surface area (Å²) in [6.07, 6.45) is 5.25. The molecule has 2 atom stereocenters. The van der Waals surface area contributed by atoms with Gasteiger partial charge in [0.15, 0.2) is 6.67 Å². The molecule has 2 aromatic rings. The fourth-order valence-corrected chi connectivity index (χ4v) is 3.16. The van der Waals surface area contributed by atoms with Gasteiger partial charge in [0.25, 0.3) is 4.84 Å². The van der Waals surface area contributed by atoms with E-state index in [9.17, 15) is 4.79 Å². The van der Waals surface area contributed by atoms with Crippen LogP contribution in [0, 0.1) is 10.8 Å². The Kier molecular flexibility index (Phi) is 5.37. The van der Waals surface area contributed by atoms with Crippen molar-refractivity contribution in [3.63, 3.8) is 0 Å². The minimum atomic E-state index is -0.102. The van der Waals surface area contributed by atoms with Crippen LogP contribution in [0.25, 0.3) is 11.5 Å². The van der Waals surface area contributed by atoms with Gasteiger partial charge in [-0.3, -0.25) is 9.78 Å². The van der Waals surface area contributed by atoms with E-state index in [2.05, 4.69) is 10.1 Å². The number of likely N-dealkylation sites (tertiary alicyclic amines) is 1. The number of pyridine rings is 1. The first-order valence-corrected chi connectivity index (χ1v) is 8.56. The maximum absolute atomic E-state index is 11.9. The first-order chi connectivity index (χ1) is 11.7. The van der Waals surface area contributed by atoms with Gasteiger partial charge in [-0.1, -0.05) is 0 Å². The molecule has 1 unspecified atom stereocenters. The Morgan fingerprint density at radius 1 is 1.58 bits per heavy atom.